The molecule has 0 saturated carbocycles. The van der Waals surface area contributed by atoms with Crippen molar-refractivity contribution in [3.8, 4) is 11.4 Å². The molecule has 0 saturated heterocycles. The van der Waals surface area contributed by atoms with Crippen molar-refractivity contribution in [2.45, 2.75) is 12.6 Å². The second kappa shape index (κ2) is 7.93. The number of urea groups is 1. The number of hydrogen-bond donors (Lipinski definition) is 2. The van der Waals surface area contributed by atoms with Crippen molar-refractivity contribution in [3.05, 3.63) is 54.6 Å². The number of carbonyl (C=O) groups excluding carboxylic acids is 1. The van der Waals surface area contributed by atoms with E-state index >= 15 is 0 Å². The predicted octanol–water partition coefficient (Wildman–Crippen LogP) is 3.81. The summed E-state index contributed by atoms with van der Waals surface area (Å²) in [6.07, 6.45) is -1.10. The number of alkyl halides is 3. The molecule has 4 rings (SSSR count). The molecule has 1 aliphatic heterocycles. The summed E-state index contributed by atoms with van der Waals surface area (Å²) >= 11 is 0. The molecular weight excluding hydrogens is 399 g/mol. The molecule has 2 amide bonds. The molecule has 0 atom stereocenters. The summed E-state index contributed by atoms with van der Waals surface area (Å²) in [4.78, 5) is 30.2. The van der Waals surface area contributed by atoms with Crippen molar-refractivity contribution in [1.82, 2.24) is 19.9 Å². The van der Waals surface area contributed by atoms with E-state index in [1.165, 1.54) is 29.6 Å². The van der Waals surface area contributed by atoms with Crippen LogP contribution in [0.25, 0.3) is 11.4 Å². The molecule has 0 spiro atoms. The van der Waals surface area contributed by atoms with Crippen LogP contribution in [0.3, 0.4) is 0 Å². The Bertz CT molecular complexity index is 1060. The first-order valence-electron chi connectivity index (χ1n) is 9.06. The van der Waals surface area contributed by atoms with Crippen LogP contribution in [0.2, 0.25) is 0 Å². The highest BCUT2D eigenvalue weighted by Crippen LogP contribution is 2.32. The second-order valence-electron chi connectivity index (χ2n) is 6.43. The average Bonchev–Trinajstić information content (AvgIpc) is 2.96. The number of halogens is 3. The summed E-state index contributed by atoms with van der Waals surface area (Å²) in [6.45, 7) is 0.983. The predicted molar refractivity (Wildman–Crippen MR) is 104 cm³/mol. The third kappa shape index (κ3) is 4.14. The highest BCUT2D eigenvalue weighted by Gasteiger charge is 2.32. The zero-order valence-electron chi connectivity index (χ0n) is 15.5. The molecule has 0 aliphatic carbocycles. The minimum atomic E-state index is -4.56. The monoisotopic (exact) mass is 415 g/mol. The maximum Gasteiger partial charge on any atom is 0.433 e. The molecule has 154 valence electrons. The van der Waals surface area contributed by atoms with Crippen LogP contribution in [0.5, 0.6) is 0 Å². The summed E-state index contributed by atoms with van der Waals surface area (Å²) in [6, 6.07) is 7.95. The van der Waals surface area contributed by atoms with Gasteiger partial charge in [0.25, 0.3) is 0 Å². The molecule has 1 aliphatic rings. The lowest BCUT2D eigenvalue weighted by molar-refractivity contribution is -0.141. The fourth-order valence-electron chi connectivity index (χ4n) is 2.98. The normalized spacial score (nSPS) is 13.8. The SMILES string of the molecule is O=C(Nc1ccncn1)N1CCCNc2ccc(-c3cccc(C(F)(F)F)n3)nc21. The van der Waals surface area contributed by atoms with Crippen molar-refractivity contribution in [2.24, 2.45) is 0 Å². The second-order valence-corrected chi connectivity index (χ2v) is 6.43. The van der Waals surface area contributed by atoms with E-state index in [2.05, 4.69) is 30.6 Å². The van der Waals surface area contributed by atoms with Gasteiger partial charge in [-0.3, -0.25) is 10.2 Å². The first-order valence-corrected chi connectivity index (χ1v) is 9.06. The zero-order chi connectivity index (χ0) is 21.1. The maximum absolute atomic E-state index is 13.0. The largest absolute Gasteiger partial charge is 0.433 e. The van der Waals surface area contributed by atoms with Crippen molar-refractivity contribution in [1.29, 1.82) is 0 Å². The van der Waals surface area contributed by atoms with Crippen LogP contribution in [0.4, 0.5) is 35.3 Å². The molecule has 0 fully saturated rings. The number of anilines is 3. The number of nitrogens with one attached hydrogen (secondary N) is 2. The molecule has 0 aromatic carbocycles. The third-order valence-electron chi connectivity index (χ3n) is 4.37. The quantitative estimate of drug-likeness (QED) is 0.661. The number of pyridine rings is 2. The summed E-state index contributed by atoms with van der Waals surface area (Å²) in [5.41, 5.74) is -0.120. The number of carbonyl (C=O) groups is 1. The number of rotatable bonds is 2. The number of hydrogen-bond acceptors (Lipinski definition) is 6. The van der Waals surface area contributed by atoms with Crippen LogP contribution < -0.4 is 15.5 Å². The molecule has 3 aromatic heterocycles. The first kappa shape index (κ1) is 19.6. The number of aromatic nitrogens is 4. The zero-order valence-corrected chi connectivity index (χ0v) is 15.5. The third-order valence-corrected chi connectivity index (χ3v) is 4.37. The van der Waals surface area contributed by atoms with Crippen LogP contribution in [0, 0.1) is 0 Å². The van der Waals surface area contributed by atoms with Crippen molar-refractivity contribution >= 4 is 23.4 Å². The Kier molecular flexibility index (Phi) is 5.17. The van der Waals surface area contributed by atoms with Gasteiger partial charge < -0.3 is 5.32 Å². The molecule has 0 radical (unpaired) electrons. The Hall–Kier alpha value is -3.76. The van der Waals surface area contributed by atoms with Crippen LogP contribution >= 0.6 is 0 Å². The van der Waals surface area contributed by atoms with Crippen LogP contribution in [0.1, 0.15) is 12.1 Å². The molecule has 3 aromatic rings. The number of fused-ring (bicyclic) bond motifs is 1. The minimum absolute atomic E-state index is 0.0630. The van der Waals surface area contributed by atoms with Gasteiger partial charge in [-0.2, -0.15) is 13.2 Å². The van der Waals surface area contributed by atoms with Crippen molar-refractivity contribution in [2.75, 3.05) is 28.6 Å². The van der Waals surface area contributed by atoms with E-state index in [1.54, 1.807) is 18.2 Å². The molecule has 11 heteroatoms. The highest BCUT2D eigenvalue weighted by atomic mass is 19.4. The van der Waals surface area contributed by atoms with Gasteiger partial charge in [0.2, 0.25) is 0 Å². The lowest BCUT2D eigenvalue weighted by atomic mass is 10.2. The standard InChI is InChI=1S/C19H16F3N7O/c20-19(21,22)15-4-1-3-12(26-15)13-5-6-14-17(27-13)29(10-2-8-24-14)18(30)28-16-7-9-23-11-25-16/h1,3-7,9,11,24H,2,8,10H2,(H,23,25,28,30). The average molecular weight is 415 g/mol. The van der Waals surface area contributed by atoms with Gasteiger partial charge in [0.05, 0.1) is 17.1 Å². The van der Waals surface area contributed by atoms with Gasteiger partial charge in [-0.25, -0.2) is 24.7 Å². The fraction of sp³-hybridized carbons (Fsp3) is 0.211. The topological polar surface area (TPSA) is 95.9 Å². The van der Waals surface area contributed by atoms with Crippen molar-refractivity contribution in [3.63, 3.8) is 0 Å². The molecule has 30 heavy (non-hydrogen) atoms. The van der Waals surface area contributed by atoms with E-state index < -0.39 is 17.9 Å². The van der Waals surface area contributed by atoms with Gasteiger partial charge in [0.1, 0.15) is 17.8 Å². The molecular formula is C19H16F3N7O. The first-order chi connectivity index (χ1) is 14.4. The summed E-state index contributed by atoms with van der Waals surface area (Å²) in [5, 5.41) is 5.85. The van der Waals surface area contributed by atoms with Gasteiger partial charge in [-0.05, 0) is 36.8 Å². The Morgan fingerprint density at radius 1 is 1.10 bits per heavy atom. The Morgan fingerprint density at radius 2 is 1.93 bits per heavy atom. The maximum atomic E-state index is 13.0. The Balaban J connectivity index is 1.69. The van der Waals surface area contributed by atoms with E-state index in [-0.39, 0.29) is 11.4 Å². The summed E-state index contributed by atoms with van der Waals surface area (Å²) in [5.74, 6) is 0.625. The minimum Gasteiger partial charge on any atom is -0.382 e. The van der Waals surface area contributed by atoms with Gasteiger partial charge in [0, 0.05) is 19.3 Å². The molecule has 0 bridgehead atoms. The van der Waals surface area contributed by atoms with Crippen LogP contribution in [0.15, 0.2) is 48.9 Å². The van der Waals surface area contributed by atoms with E-state index in [1.807, 2.05) is 0 Å². The summed E-state index contributed by atoms with van der Waals surface area (Å²) < 4.78 is 39.1. The molecule has 4 heterocycles. The van der Waals surface area contributed by atoms with E-state index in [4.69, 9.17) is 0 Å². The van der Waals surface area contributed by atoms with Gasteiger partial charge in [0.15, 0.2) is 5.82 Å². The van der Waals surface area contributed by atoms with E-state index in [9.17, 15) is 18.0 Å². The van der Waals surface area contributed by atoms with Crippen LogP contribution in [-0.4, -0.2) is 39.1 Å². The van der Waals surface area contributed by atoms with Crippen LogP contribution in [-0.2, 0) is 6.18 Å². The number of amides is 2. The molecule has 0 unspecified atom stereocenters. The number of nitrogens with zero attached hydrogens (tertiary/aromatic N) is 5. The molecule has 2 N–H and O–H groups in total. The molecule has 8 nitrogen and oxygen atoms in total. The van der Waals surface area contributed by atoms with Gasteiger partial charge in [-0.15, -0.1) is 0 Å². The van der Waals surface area contributed by atoms with Crippen molar-refractivity contribution < 1.29 is 18.0 Å². The lowest BCUT2D eigenvalue weighted by Gasteiger charge is -2.22. The van der Waals surface area contributed by atoms with Gasteiger partial charge >= 0.3 is 12.2 Å². The highest BCUT2D eigenvalue weighted by molar-refractivity contribution is 6.02. The fourth-order valence-corrected chi connectivity index (χ4v) is 2.98. The smallest absolute Gasteiger partial charge is 0.382 e. The Labute approximate surface area is 169 Å². The summed E-state index contributed by atoms with van der Waals surface area (Å²) in [7, 11) is 0. The Morgan fingerprint density at radius 3 is 2.70 bits per heavy atom. The lowest BCUT2D eigenvalue weighted by Crippen LogP contribution is -2.36. The van der Waals surface area contributed by atoms with E-state index in [0.29, 0.717) is 36.8 Å². The van der Waals surface area contributed by atoms with E-state index in [0.717, 1.165) is 6.07 Å². The van der Waals surface area contributed by atoms with Gasteiger partial charge in [-0.1, -0.05) is 6.07 Å².